The third kappa shape index (κ3) is 3.64. The Bertz CT molecular complexity index is 728. The van der Waals surface area contributed by atoms with Gasteiger partial charge >= 0.3 is 0 Å². The van der Waals surface area contributed by atoms with Crippen molar-refractivity contribution in [2.24, 2.45) is 5.41 Å². The molecule has 1 spiro atoms. The fourth-order valence-corrected chi connectivity index (χ4v) is 3.82. The summed E-state index contributed by atoms with van der Waals surface area (Å²) >= 11 is 0. The minimum absolute atomic E-state index is 0.128. The number of carbonyl (C=O) groups is 2. The summed E-state index contributed by atoms with van der Waals surface area (Å²) < 4.78 is 27.7. The van der Waals surface area contributed by atoms with E-state index >= 15 is 0 Å². The lowest BCUT2D eigenvalue weighted by Crippen LogP contribution is -2.44. The number of piperidine rings is 1. The van der Waals surface area contributed by atoms with Crippen LogP contribution in [0.5, 0.6) is 0 Å². The second-order valence-electron chi connectivity index (χ2n) is 7.62. The van der Waals surface area contributed by atoms with Gasteiger partial charge in [0.15, 0.2) is 0 Å². The van der Waals surface area contributed by atoms with Crippen molar-refractivity contribution in [1.82, 2.24) is 9.80 Å². The molecule has 2 saturated heterocycles. The lowest BCUT2D eigenvalue weighted by atomic mass is 9.77. The molecule has 2 amide bonds. The minimum atomic E-state index is -0.834. The van der Waals surface area contributed by atoms with Crippen molar-refractivity contribution in [1.29, 1.82) is 0 Å². The van der Waals surface area contributed by atoms with Crippen LogP contribution < -0.4 is 0 Å². The highest BCUT2D eigenvalue weighted by molar-refractivity contribution is 5.94. The molecule has 0 atom stereocenters. The largest absolute Gasteiger partial charge is 0.338 e. The second kappa shape index (κ2) is 7.17. The maximum atomic E-state index is 13.9. The van der Waals surface area contributed by atoms with E-state index in [0.717, 1.165) is 12.1 Å². The number of likely N-dealkylation sites (tertiary alicyclic amines) is 2. The first-order chi connectivity index (χ1) is 12.3. The van der Waals surface area contributed by atoms with E-state index in [4.69, 9.17) is 0 Å². The predicted octanol–water partition coefficient (Wildman–Crippen LogP) is 3.39. The summed E-state index contributed by atoms with van der Waals surface area (Å²) in [6.45, 7) is 6.13. The van der Waals surface area contributed by atoms with Crippen molar-refractivity contribution in [3.05, 3.63) is 47.0 Å². The number of carbonyl (C=O) groups excluding carboxylic acids is 2. The van der Waals surface area contributed by atoms with Gasteiger partial charge in [0, 0.05) is 38.0 Å². The van der Waals surface area contributed by atoms with Gasteiger partial charge in [-0.15, -0.1) is 0 Å². The van der Waals surface area contributed by atoms with Gasteiger partial charge in [0.25, 0.3) is 5.91 Å². The first kappa shape index (κ1) is 18.5. The van der Waals surface area contributed by atoms with Crippen LogP contribution in [0.3, 0.4) is 0 Å². The number of rotatable bonds is 3. The zero-order valence-electron chi connectivity index (χ0n) is 15.2. The van der Waals surface area contributed by atoms with Gasteiger partial charge < -0.3 is 9.80 Å². The van der Waals surface area contributed by atoms with Gasteiger partial charge in [-0.05, 0) is 38.8 Å². The summed E-state index contributed by atoms with van der Waals surface area (Å²) in [6, 6.07) is 3.44. The lowest BCUT2D eigenvalue weighted by Gasteiger charge is -2.38. The molecule has 2 aliphatic heterocycles. The Kier molecular flexibility index (Phi) is 5.12. The molecule has 6 heteroatoms. The summed E-state index contributed by atoms with van der Waals surface area (Å²) in [4.78, 5) is 28.2. The maximum absolute atomic E-state index is 13.9. The molecule has 140 valence electrons. The number of hydrogen-bond donors (Lipinski definition) is 0. The molecule has 2 heterocycles. The fourth-order valence-electron chi connectivity index (χ4n) is 3.82. The molecule has 26 heavy (non-hydrogen) atoms. The third-order valence-corrected chi connectivity index (χ3v) is 5.41. The van der Waals surface area contributed by atoms with E-state index in [2.05, 4.69) is 0 Å². The average molecular weight is 362 g/mol. The van der Waals surface area contributed by atoms with Crippen molar-refractivity contribution >= 4 is 11.8 Å². The van der Waals surface area contributed by atoms with Crippen LogP contribution in [0.2, 0.25) is 0 Å². The molecule has 0 saturated carbocycles. The fraction of sp³-hybridized carbons (Fsp3) is 0.500. The predicted molar refractivity (Wildman–Crippen MR) is 94.6 cm³/mol. The normalized spacial score (nSPS) is 19.2. The van der Waals surface area contributed by atoms with E-state index in [0.29, 0.717) is 45.4 Å². The molecule has 3 rings (SSSR count). The Hall–Kier alpha value is -2.24. The van der Waals surface area contributed by atoms with Crippen LogP contribution in [0.1, 0.15) is 43.5 Å². The van der Waals surface area contributed by atoms with Crippen LogP contribution in [0, 0.1) is 17.0 Å². The van der Waals surface area contributed by atoms with Crippen molar-refractivity contribution in [2.75, 3.05) is 26.2 Å². The molecule has 0 N–H and O–H groups in total. The van der Waals surface area contributed by atoms with Crippen LogP contribution in [0.4, 0.5) is 8.78 Å². The Morgan fingerprint density at radius 2 is 1.81 bits per heavy atom. The van der Waals surface area contributed by atoms with E-state index < -0.39 is 23.1 Å². The maximum Gasteiger partial charge on any atom is 0.259 e. The number of nitrogens with zero attached hydrogens (tertiary/aromatic N) is 2. The Labute approximate surface area is 152 Å². The van der Waals surface area contributed by atoms with Crippen LogP contribution in [0.15, 0.2) is 29.8 Å². The molecule has 0 aliphatic carbocycles. The quantitative estimate of drug-likeness (QED) is 0.774. The number of benzene rings is 1. The van der Waals surface area contributed by atoms with Gasteiger partial charge in [0.2, 0.25) is 5.91 Å². The Morgan fingerprint density at radius 1 is 1.19 bits per heavy atom. The van der Waals surface area contributed by atoms with Gasteiger partial charge in [-0.1, -0.05) is 17.7 Å². The summed E-state index contributed by atoms with van der Waals surface area (Å²) in [5, 5.41) is 0. The SMILES string of the molecule is CC(C)=CCN1CC2(CCN(C(=O)c3c(F)cccc3F)CC2)CC1=O. The van der Waals surface area contributed by atoms with Crippen LogP contribution in [-0.4, -0.2) is 47.8 Å². The highest BCUT2D eigenvalue weighted by atomic mass is 19.1. The van der Waals surface area contributed by atoms with Crippen molar-refractivity contribution in [2.45, 2.75) is 33.1 Å². The first-order valence-corrected chi connectivity index (χ1v) is 8.96. The van der Waals surface area contributed by atoms with Crippen molar-refractivity contribution in [3.63, 3.8) is 0 Å². The van der Waals surface area contributed by atoms with Crippen LogP contribution >= 0.6 is 0 Å². The molecule has 0 radical (unpaired) electrons. The van der Waals surface area contributed by atoms with E-state index in [9.17, 15) is 18.4 Å². The minimum Gasteiger partial charge on any atom is -0.338 e. The van der Waals surface area contributed by atoms with Crippen LogP contribution in [0.25, 0.3) is 0 Å². The van der Waals surface area contributed by atoms with Crippen molar-refractivity contribution in [3.8, 4) is 0 Å². The topological polar surface area (TPSA) is 40.6 Å². The van der Waals surface area contributed by atoms with Crippen molar-refractivity contribution < 1.29 is 18.4 Å². The average Bonchev–Trinajstić information content (AvgIpc) is 2.88. The van der Waals surface area contributed by atoms with Gasteiger partial charge in [0.05, 0.1) is 0 Å². The zero-order chi connectivity index (χ0) is 18.9. The number of hydrogen-bond acceptors (Lipinski definition) is 2. The summed E-state index contributed by atoms with van der Waals surface area (Å²) in [5.41, 5.74) is 0.555. The highest BCUT2D eigenvalue weighted by Gasteiger charge is 2.45. The standard InChI is InChI=1S/C20H24F2N2O2/c1-14(2)6-9-24-13-20(12-17(24)25)7-10-23(11-8-20)19(26)18-15(21)4-3-5-16(18)22/h3-6H,7-13H2,1-2H3. The summed E-state index contributed by atoms with van der Waals surface area (Å²) in [5.74, 6) is -2.14. The van der Waals surface area contributed by atoms with Gasteiger partial charge in [-0.25, -0.2) is 8.78 Å². The van der Waals surface area contributed by atoms with E-state index in [1.54, 1.807) is 0 Å². The zero-order valence-corrected chi connectivity index (χ0v) is 15.2. The molecule has 1 aromatic carbocycles. The Balaban J connectivity index is 1.65. The van der Waals surface area contributed by atoms with E-state index in [-0.39, 0.29) is 11.3 Å². The number of halogens is 2. The molecule has 2 fully saturated rings. The van der Waals surface area contributed by atoms with Crippen LogP contribution in [-0.2, 0) is 4.79 Å². The molecular weight excluding hydrogens is 338 g/mol. The molecular formula is C20H24F2N2O2. The summed E-state index contributed by atoms with van der Waals surface area (Å²) in [6.07, 6.45) is 3.87. The first-order valence-electron chi connectivity index (χ1n) is 8.96. The molecule has 0 unspecified atom stereocenters. The molecule has 0 aromatic heterocycles. The monoisotopic (exact) mass is 362 g/mol. The Morgan fingerprint density at radius 3 is 2.38 bits per heavy atom. The van der Waals surface area contributed by atoms with Gasteiger partial charge in [-0.2, -0.15) is 0 Å². The third-order valence-electron chi connectivity index (χ3n) is 5.41. The number of allylic oxidation sites excluding steroid dienone is 1. The molecule has 1 aromatic rings. The molecule has 0 bridgehead atoms. The van der Waals surface area contributed by atoms with E-state index in [1.807, 2.05) is 24.8 Å². The highest BCUT2D eigenvalue weighted by Crippen LogP contribution is 2.41. The second-order valence-corrected chi connectivity index (χ2v) is 7.62. The number of amides is 2. The van der Waals surface area contributed by atoms with Gasteiger partial charge in [-0.3, -0.25) is 9.59 Å². The molecule has 2 aliphatic rings. The smallest absolute Gasteiger partial charge is 0.259 e. The van der Waals surface area contributed by atoms with E-state index in [1.165, 1.54) is 16.5 Å². The summed E-state index contributed by atoms with van der Waals surface area (Å²) in [7, 11) is 0. The van der Waals surface area contributed by atoms with Gasteiger partial charge in [0.1, 0.15) is 17.2 Å². The lowest BCUT2D eigenvalue weighted by molar-refractivity contribution is -0.127. The molecule has 4 nitrogen and oxygen atoms in total.